The number of urea groups is 1. The molecule has 4 amide bonds. The first-order valence-corrected chi connectivity index (χ1v) is 9.13. The van der Waals surface area contributed by atoms with Gasteiger partial charge in [0, 0.05) is 12.1 Å². The number of nitrogens with one attached hydrogen (secondary N) is 3. The molecule has 0 saturated carbocycles. The van der Waals surface area contributed by atoms with Gasteiger partial charge < -0.3 is 15.4 Å². The van der Waals surface area contributed by atoms with Gasteiger partial charge in [-0.05, 0) is 24.6 Å². The van der Waals surface area contributed by atoms with Crippen molar-refractivity contribution in [1.29, 1.82) is 0 Å². The van der Waals surface area contributed by atoms with Crippen molar-refractivity contribution < 1.29 is 23.9 Å². The summed E-state index contributed by atoms with van der Waals surface area (Å²) in [6.45, 7) is 1.47. The SMILES string of the molecule is CCNC(=O)NC(=O)COC(=O)C[C@@H](NC(=O)c1ccccc1)c1ccccc1. The minimum atomic E-state index is -0.742. The van der Waals surface area contributed by atoms with Gasteiger partial charge in [0.25, 0.3) is 11.8 Å². The molecule has 0 aliphatic carbocycles. The van der Waals surface area contributed by atoms with Crippen molar-refractivity contribution in [3.63, 3.8) is 0 Å². The summed E-state index contributed by atoms with van der Waals surface area (Å²) >= 11 is 0. The van der Waals surface area contributed by atoms with Crippen LogP contribution < -0.4 is 16.0 Å². The molecule has 0 saturated heterocycles. The van der Waals surface area contributed by atoms with Gasteiger partial charge in [-0.15, -0.1) is 0 Å². The second-order valence-corrected chi connectivity index (χ2v) is 6.08. The maximum Gasteiger partial charge on any atom is 0.321 e. The quantitative estimate of drug-likeness (QED) is 0.589. The zero-order valence-corrected chi connectivity index (χ0v) is 16.0. The van der Waals surface area contributed by atoms with Crippen LogP contribution in [0.15, 0.2) is 60.7 Å². The molecule has 0 aromatic heterocycles. The van der Waals surface area contributed by atoms with Gasteiger partial charge in [-0.1, -0.05) is 48.5 Å². The van der Waals surface area contributed by atoms with E-state index in [1.807, 2.05) is 11.4 Å². The summed E-state index contributed by atoms with van der Waals surface area (Å²) in [5.74, 6) is -1.76. The molecule has 0 aliphatic heterocycles. The molecule has 2 aromatic rings. The molecule has 152 valence electrons. The van der Waals surface area contributed by atoms with Crippen LogP contribution >= 0.6 is 0 Å². The van der Waals surface area contributed by atoms with E-state index in [1.165, 1.54) is 0 Å². The third-order valence-electron chi connectivity index (χ3n) is 3.87. The molecule has 2 aromatic carbocycles. The Morgan fingerprint density at radius 2 is 1.55 bits per heavy atom. The number of hydrogen-bond donors (Lipinski definition) is 3. The van der Waals surface area contributed by atoms with Crippen LogP contribution in [0.2, 0.25) is 0 Å². The summed E-state index contributed by atoms with van der Waals surface area (Å²) in [6, 6.07) is 16.3. The van der Waals surface area contributed by atoms with Crippen molar-refractivity contribution in [2.24, 2.45) is 0 Å². The van der Waals surface area contributed by atoms with Gasteiger partial charge in [0.15, 0.2) is 6.61 Å². The van der Waals surface area contributed by atoms with Crippen LogP contribution in [0.5, 0.6) is 0 Å². The summed E-state index contributed by atoms with van der Waals surface area (Å²) in [5, 5.41) is 7.25. The molecule has 0 unspecified atom stereocenters. The van der Waals surface area contributed by atoms with Crippen LogP contribution in [0.4, 0.5) is 4.79 Å². The number of esters is 1. The molecule has 0 fully saturated rings. The number of rotatable bonds is 8. The highest BCUT2D eigenvalue weighted by Crippen LogP contribution is 2.18. The molecule has 1 atom stereocenters. The second-order valence-electron chi connectivity index (χ2n) is 6.08. The molecule has 0 radical (unpaired) electrons. The number of imide groups is 1. The summed E-state index contributed by atoms with van der Waals surface area (Å²) < 4.78 is 4.94. The van der Waals surface area contributed by atoms with E-state index in [-0.39, 0.29) is 12.3 Å². The first-order valence-electron chi connectivity index (χ1n) is 9.13. The fourth-order valence-electron chi connectivity index (χ4n) is 2.51. The van der Waals surface area contributed by atoms with Crippen molar-refractivity contribution >= 4 is 23.8 Å². The average molecular weight is 397 g/mol. The van der Waals surface area contributed by atoms with E-state index in [4.69, 9.17) is 4.74 Å². The lowest BCUT2D eigenvalue weighted by Crippen LogP contribution is -2.41. The molecule has 8 heteroatoms. The van der Waals surface area contributed by atoms with E-state index in [0.717, 1.165) is 5.56 Å². The smallest absolute Gasteiger partial charge is 0.321 e. The molecule has 0 bridgehead atoms. The number of ether oxygens (including phenoxy) is 1. The Balaban J connectivity index is 1.97. The van der Waals surface area contributed by atoms with E-state index >= 15 is 0 Å². The lowest BCUT2D eigenvalue weighted by atomic mass is 10.0. The molecule has 3 N–H and O–H groups in total. The third-order valence-corrected chi connectivity index (χ3v) is 3.87. The van der Waals surface area contributed by atoms with Gasteiger partial charge in [0.1, 0.15) is 0 Å². The second kappa shape index (κ2) is 11.2. The maximum absolute atomic E-state index is 12.5. The van der Waals surface area contributed by atoms with E-state index in [0.29, 0.717) is 12.1 Å². The highest BCUT2D eigenvalue weighted by molar-refractivity contribution is 5.96. The first kappa shape index (κ1) is 21.6. The van der Waals surface area contributed by atoms with Gasteiger partial charge in [0.05, 0.1) is 12.5 Å². The molecule has 8 nitrogen and oxygen atoms in total. The number of carbonyl (C=O) groups excluding carboxylic acids is 4. The predicted molar refractivity (Wildman–Crippen MR) is 106 cm³/mol. The molecular weight excluding hydrogens is 374 g/mol. The minimum Gasteiger partial charge on any atom is -0.455 e. The van der Waals surface area contributed by atoms with Crippen LogP contribution in [-0.2, 0) is 14.3 Å². The Morgan fingerprint density at radius 1 is 0.931 bits per heavy atom. The predicted octanol–water partition coefficient (Wildman–Crippen LogP) is 1.94. The highest BCUT2D eigenvalue weighted by Gasteiger charge is 2.21. The van der Waals surface area contributed by atoms with E-state index in [9.17, 15) is 19.2 Å². The Labute approximate surface area is 168 Å². The Morgan fingerprint density at radius 3 is 2.17 bits per heavy atom. The molecule has 0 heterocycles. The lowest BCUT2D eigenvalue weighted by Gasteiger charge is -2.18. The summed E-state index contributed by atoms with van der Waals surface area (Å²) in [5.41, 5.74) is 1.18. The number of benzene rings is 2. The highest BCUT2D eigenvalue weighted by atomic mass is 16.5. The summed E-state index contributed by atoms with van der Waals surface area (Å²) in [4.78, 5) is 47.6. The first-order chi connectivity index (χ1) is 14.0. The van der Waals surface area contributed by atoms with Gasteiger partial charge in [-0.25, -0.2) is 4.79 Å². The zero-order valence-electron chi connectivity index (χ0n) is 16.0. The lowest BCUT2D eigenvalue weighted by molar-refractivity contribution is -0.148. The topological polar surface area (TPSA) is 114 Å². The fourth-order valence-corrected chi connectivity index (χ4v) is 2.51. The summed E-state index contributed by atoms with van der Waals surface area (Å²) in [7, 11) is 0. The van der Waals surface area contributed by atoms with Gasteiger partial charge in [-0.2, -0.15) is 0 Å². The summed E-state index contributed by atoms with van der Waals surface area (Å²) in [6.07, 6.45) is -0.170. The number of hydrogen-bond acceptors (Lipinski definition) is 5. The number of amides is 4. The van der Waals surface area contributed by atoms with Crippen LogP contribution in [0.3, 0.4) is 0 Å². The van der Waals surface area contributed by atoms with Crippen molar-refractivity contribution in [2.75, 3.05) is 13.2 Å². The number of carbonyl (C=O) groups is 4. The minimum absolute atomic E-state index is 0.170. The maximum atomic E-state index is 12.5. The largest absolute Gasteiger partial charge is 0.455 e. The zero-order chi connectivity index (χ0) is 21.1. The van der Waals surface area contributed by atoms with Crippen molar-refractivity contribution in [2.45, 2.75) is 19.4 Å². The van der Waals surface area contributed by atoms with Gasteiger partial charge in [-0.3, -0.25) is 19.7 Å². The Bertz CT molecular complexity index is 840. The molecule has 0 spiro atoms. The van der Waals surface area contributed by atoms with Crippen LogP contribution in [0.25, 0.3) is 0 Å². The van der Waals surface area contributed by atoms with E-state index < -0.39 is 30.6 Å². The fraction of sp³-hybridized carbons (Fsp3) is 0.238. The van der Waals surface area contributed by atoms with Gasteiger partial charge >= 0.3 is 12.0 Å². The van der Waals surface area contributed by atoms with Crippen LogP contribution in [0.1, 0.15) is 35.3 Å². The van der Waals surface area contributed by atoms with Crippen molar-refractivity contribution in [3.8, 4) is 0 Å². The monoisotopic (exact) mass is 397 g/mol. The molecule has 2 rings (SSSR count). The van der Waals surface area contributed by atoms with Crippen molar-refractivity contribution in [1.82, 2.24) is 16.0 Å². The van der Waals surface area contributed by atoms with E-state index in [1.54, 1.807) is 61.5 Å². The Kier molecular flexibility index (Phi) is 8.37. The molecule has 0 aliphatic rings. The molecular formula is C21H23N3O5. The Hall–Kier alpha value is -3.68. The average Bonchev–Trinajstić information content (AvgIpc) is 2.73. The van der Waals surface area contributed by atoms with E-state index in [2.05, 4.69) is 10.6 Å². The van der Waals surface area contributed by atoms with Crippen LogP contribution in [0, 0.1) is 0 Å². The van der Waals surface area contributed by atoms with Crippen LogP contribution in [-0.4, -0.2) is 37.0 Å². The standard InChI is InChI=1S/C21H23N3O5/c1-2-22-21(28)24-18(25)14-29-19(26)13-17(15-9-5-3-6-10-15)23-20(27)16-11-7-4-8-12-16/h3-12,17H,2,13-14H2,1H3,(H,23,27)(H2,22,24,25,28)/t17-/m1/s1. The third kappa shape index (κ3) is 7.45. The molecule has 29 heavy (non-hydrogen) atoms. The van der Waals surface area contributed by atoms with Gasteiger partial charge in [0.2, 0.25) is 0 Å². The van der Waals surface area contributed by atoms with Crippen molar-refractivity contribution in [3.05, 3.63) is 71.8 Å². The normalized spacial score (nSPS) is 11.1.